The molecule has 0 aliphatic rings. The Hall–Kier alpha value is -3.58. The van der Waals surface area contributed by atoms with Crippen LogP contribution >= 0.6 is 11.3 Å². The van der Waals surface area contributed by atoms with Crippen LogP contribution in [-0.2, 0) is 13.0 Å². The zero-order valence-electron chi connectivity index (χ0n) is 18.0. The average molecular weight is 445 g/mol. The van der Waals surface area contributed by atoms with Crippen LogP contribution in [0.15, 0.2) is 83.3 Å². The number of pyridine rings is 1. The van der Waals surface area contributed by atoms with E-state index in [0.717, 1.165) is 33.9 Å². The average Bonchev–Trinajstić information content (AvgIpc) is 3.21. The first-order valence-corrected chi connectivity index (χ1v) is 11.4. The molecule has 4 rings (SSSR count). The molecule has 32 heavy (non-hydrogen) atoms. The van der Waals surface area contributed by atoms with Gasteiger partial charge in [0.2, 0.25) is 0 Å². The maximum atomic E-state index is 11.3. The quantitative estimate of drug-likeness (QED) is 0.255. The van der Waals surface area contributed by atoms with E-state index in [0.29, 0.717) is 12.5 Å². The third-order valence-corrected chi connectivity index (χ3v) is 6.11. The van der Waals surface area contributed by atoms with E-state index in [1.807, 2.05) is 47.8 Å². The van der Waals surface area contributed by atoms with Crippen molar-refractivity contribution >= 4 is 22.7 Å². The van der Waals surface area contributed by atoms with Crippen LogP contribution in [0.25, 0.3) is 11.3 Å². The molecule has 4 aromatic rings. The van der Waals surface area contributed by atoms with Gasteiger partial charge in [0.15, 0.2) is 4.80 Å². The molecular weight excluding hydrogens is 420 g/mol. The molecule has 0 aliphatic carbocycles. The van der Waals surface area contributed by atoms with Gasteiger partial charge in [-0.3, -0.25) is 15.1 Å². The van der Waals surface area contributed by atoms with Gasteiger partial charge in [0.1, 0.15) is 0 Å². The number of nitro groups is 1. The highest BCUT2D eigenvalue weighted by Crippen LogP contribution is 2.28. The zero-order valence-corrected chi connectivity index (χ0v) is 18.8. The number of benzene rings is 2. The SMILES string of the molecule is CC(C)c1ccccc1N=c1scc(-c2cccc([N+](=O)[O-])c2)n1CCc1ccccn1. The number of non-ortho nitro benzene ring substituents is 1. The van der Waals surface area contributed by atoms with Crippen LogP contribution < -0.4 is 4.80 Å². The van der Waals surface area contributed by atoms with E-state index in [1.165, 1.54) is 11.6 Å². The molecule has 0 N–H and O–H groups in total. The number of thiazole rings is 1. The van der Waals surface area contributed by atoms with Crippen LogP contribution in [0.1, 0.15) is 31.0 Å². The Morgan fingerprint density at radius 2 is 1.91 bits per heavy atom. The molecule has 0 amide bonds. The largest absolute Gasteiger partial charge is 0.316 e. The maximum absolute atomic E-state index is 11.3. The van der Waals surface area contributed by atoms with E-state index in [4.69, 9.17) is 4.99 Å². The van der Waals surface area contributed by atoms with Crippen molar-refractivity contribution in [2.75, 3.05) is 0 Å². The fourth-order valence-corrected chi connectivity index (χ4v) is 4.55. The van der Waals surface area contributed by atoms with Gasteiger partial charge in [0, 0.05) is 47.9 Å². The van der Waals surface area contributed by atoms with Gasteiger partial charge in [-0.1, -0.05) is 50.2 Å². The van der Waals surface area contributed by atoms with Crippen molar-refractivity contribution in [1.29, 1.82) is 0 Å². The minimum atomic E-state index is -0.363. The summed E-state index contributed by atoms with van der Waals surface area (Å²) in [5.41, 5.74) is 4.92. The number of aryl methyl sites for hydroxylation is 1. The molecule has 0 saturated heterocycles. The van der Waals surface area contributed by atoms with E-state index < -0.39 is 0 Å². The summed E-state index contributed by atoms with van der Waals surface area (Å²) < 4.78 is 2.13. The predicted octanol–water partition coefficient (Wildman–Crippen LogP) is 6.12. The van der Waals surface area contributed by atoms with Gasteiger partial charge in [-0.15, -0.1) is 11.3 Å². The van der Waals surface area contributed by atoms with Crippen molar-refractivity contribution in [3.05, 3.63) is 104 Å². The van der Waals surface area contributed by atoms with Gasteiger partial charge in [-0.2, -0.15) is 0 Å². The highest BCUT2D eigenvalue weighted by molar-refractivity contribution is 7.07. The third kappa shape index (κ3) is 4.84. The minimum absolute atomic E-state index is 0.0774. The Morgan fingerprint density at radius 1 is 1.09 bits per heavy atom. The number of nitrogens with zero attached hydrogens (tertiary/aromatic N) is 4. The predicted molar refractivity (Wildman–Crippen MR) is 128 cm³/mol. The van der Waals surface area contributed by atoms with Crippen molar-refractivity contribution in [3.63, 3.8) is 0 Å². The number of hydrogen-bond acceptors (Lipinski definition) is 5. The van der Waals surface area contributed by atoms with Gasteiger partial charge in [0.05, 0.1) is 16.3 Å². The van der Waals surface area contributed by atoms with Crippen LogP contribution in [-0.4, -0.2) is 14.5 Å². The normalized spacial score (nSPS) is 11.8. The smallest absolute Gasteiger partial charge is 0.270 e. The molecule has 6 nitrogen and oxygen atoms in total. The lowest BCUT2D eigenvalue weighted by Crippen LogP contribution is -2.17. The molecular formula is C25H24N4O2S. The minimum Gasteiger partial charge on any atom is -0.316 e. The first-order valence-electron chi connectivity index (χ1n) is 10.5. The Bertz CT molecular complexity index is 1290. The molecule has 0 fully saturated rings. The Labute approximate surface area is 190 Å². The number of nitro benzene ring substituents is 1. The van der Waals surface area contributed by atoms with Crippen LogP contribution in [0.5, 0.6) is 0 Å². The molecule has 0 saturated carbocycles. The summed E-state index contributed by atoms with van der Waals surface area (Å²) in [4.78, 5) is 21.2. The lowest BCUT2D eigenvalue weighted by molar-refractivity contribution is -0.384. The van der Waals surface area contributed by atoms with E-state index in [9.17, 15) is 10.1 Å². The molecule has 0 atom stereocenters. The van der Waals surface area contributed by atoms with Gasteiger partial charge in [0.25, 0.3) is 5.69 Å². The maximum Gasteiger partial charge on any atom is 0.270 e. The van der Waals surface area contributed by atoms with Gasteiger partial charge in [-0.05, 0) is 29.7 Å². The number of para-hydroxylation sites is 1. The van der Waals surface area contributed by atoms with Gasteiger partial charge < -0.3 is 4.57 Å². The van der Waals surface area contributed by atoms with Crippen LogP contribution in [0.2, 0.25) is 0 Å². The number of rotatable bonds is 7. The second-order valence-corrected chi connectivity index (χ2v) is 8.60. The molecule has 2 aromatic heterocycles. The summed E-state index contributed by atoms with van der Waals surface area (Å²) in [6, 6.07) is 20.8. The van der Waals surface area contributed by atoms with Crippen molar-refractivity contribution in [2.45, 2.75) is 32.7 Å². The van der Waals surface area contributed by atoms with E-state index in [2.05, 4.69) is 29.5 Å². The number of aromatic nitrogens is 2. The topological polar surface area (TPSA) is 73.3 Å². The monoisotopic (exact) mass is 444 g/mol. The molecule has 0 spiro atoms. The highest BCUT2D eigenvalue weighted by Gasteiger charge is 2.13. The summed E-state index contributed by atoms with van der Waals surface area (Å²) in [6.07, 6.45) is 2.53. The van der Waals surface area contributed by atoms with Crippen molar-refractivity contribution in [3.8, 4) is 11.3 Å². The Morgan fingerprint density at radius 3 is 2.66 bits per heavy atom. The lowest BCUT2D eigenvalue weighted by atomic mass is 10.0. The molecule has 7 heteroatoms. The van der Waals surface area contributed by atoms with Gasteiger partial charge >= 0.3 is 0 Å². The molecule has 0 bridgehead atoms. The van der Waals surface area contributed by atoms with Crippen molar-refractivity contribution < 1.29 is 4.92 Å². The summed E-state index contributed by atoms with van der Waals surface area (Å²) in [5.74, 6) is 0.355. The summed E-state index contributed by atoms with van der Waals surface area (Å²) in [7, 11) is 0. The summed E-state index contributed by atoms with van der Waals surface area (Å²) >= 11 is 1.54. The van der Waals surface area contributed by atoms with E-state index in [-0.39, 0.29) is 10.6 Å². The van der Waals surface area contributed by atoms with Crippen molar-refractivity contribution in [1.82, 2.24) is 9.55 Å². The van der Waals surface area contributed by atoms with E-state index in [1.54, 1.807) is 29.7 Å². The Kier molecular flexibility index (Phi) is 6.56. The fraction of sp³-hybridized carbons (Fsp3) is 0.200. The molecule has 0 aliphatic heterocycles. The first-order chi connectivity index (χ1) is 15.5. The lowest BCUT2D eigenvalue weighted by Gasteiger charge is -2.11. The van der Waals surface area contributed by atoms with Crippen LogP contribution in [0.3, 0.4) is 0 Å². The molecule has 0 unspecified atom stereocenters. The fourth-order valence-electron chi connectivity index (χ4n) is 3.60. The molecule has 162 valence electrons. The van der Waals surface area contributed by atoms with Crippen LogP contribution in [0, 0.1) is 10.1 Å². The summed E-state index contributed by atoms with van der Waals surface area (Å²) in [5, 5.41) is 13.3. The molecule has 2 heterocycles. The van der Waals surface area contributed by atoms with E-state index >= 15 is 0 Å². The van der Waals surface area contributed by atoms with Gasteiger partial charge in [-0.25, -0.2) is 4.99 Å². The number of hydrogen-bond donors (Lipinski definition) is 0. The highest BCUT2D eigenvalue weighted by atomic mass is 32.1. The first kappa shape index (κ1) is 21.6. The standard InChI is InChI=1S/C25H24N4O2S/c1-18(2)22-11-3-4-12-23(22)27-25-28(15-13-20-9-5-6-14-26-20)24(17-32-25)19-8-7-10-21(16-19)29(30)31/h3-12,14,16-18H,13,15H2,1-2H3. The molecule has 0 radical (unpaired) electrons. The molecule has 2 aromatic carbocycles. The Balaban J connectivity index is 1.82. The van der Waals surface area contributed by atoms with Crippen LogP contribution in [0.4, 0.5) is 11.4 Å². The second-order valence-electron chi connectivity index (χ2n) is 7.76. The van der Waals surface area contributed by atoms with Crippen molar-refractivity contribution in [2.24, 2.45) is 4.99 Å². The third-order valence-electron chi connectivity index (χ3n) is 5.24. The second kappa shape index (κ2) is 9.70. The summed E-state index contributed by atoms with van der Waals surface area (Å²) in [6.45, 7) is 4.99. The zero-order chi connectivity index (χ0) is 22.5.